The highest BCUT2D eigenvalue weighted by atomic mass is 32.2. The van der Waals surface area contributed by atoms with Crippen molar-refractivity contribution < 1.29 is 22.4 Å². The Balaban J connectivity index is 2.36. The van der Waals surface area contributed by atoms with Crippen molar-refractivity contribution >= 4 is 10.1 Å². The molecule has 1 N–H and O–H groups in total. The fourth-order valence-electron chi connectivity index (χ4n) is 1.24. The molecule has 0 aromatic heterocycles. The molecular formula is C7H14O5S. The van der Waals surface area contributed by atoms with Crippen molar-refractivity contribution in [3.05, 3.63) is 0 Å². The van der Waals surface area contributed by atoms with Crippen molar-refractivity contribution in [1.29, 1.82) is 0 Å². The summed E-state index contributed by atoms with van der Waals surface area (Å²) in [5, 5.41) is 8.88. The molecule has 0 spiro atoms. The zero-order valence-corrected chi connectivity index (χ0v) is 8.29. The first-order valence-electron chi connectivity index (χ1n) is 4.06. The zero-order chi connectivity index (χ0) is 9.90. The van der Waals surface area contributed by atoms with E-state index in [1.807, 2.05) is 0 Å². The highest BCUT2D eigenvalue weighted by Gasteiger charge is 2.28. The number of aliphatic hydroxyl groups excluding tert-OH is 1. The Kier molecular flexibility index (Phi) is 3.66. The zero-order valence-electron chi connectivity index (χ0n) is 7.47. The van der Waals surface area contributed by atoms with Crippen LogP contribution in [-0.4, -0.2) is 46.2 Å². The van der Waals surface area contributed by atoms with E-state index < -0.39 is 10.1 Å². The third-order valence-electron chi connectivity index (χ3n) is 2.06. The molecule has 0 amide bonds. The van der Waals surface area contributed by atoms with E-state index in [4.69, 9.17) is 9.84 Å². The molecule has 78 valence electrons. The molecule has 0 saturated carbocycles. The highest BCUT2D eigenvalue weighted by molar-refractivity contribution is 7.85. The monoisotopic (exact) mass is 210 g/mol. The lowest BCUT2D eigenvalue weighted by molar-refractivity contribution is 0.159. The van der Waals surface area contributed by atoms with Crippen LogP contribution >= 0.6 is 0 Å². The average molecular weight is 210 g/mol. The Morgan fingerprint density at radius 1 is 1.46 bits per heavy atom. The maximum Gasteiger partial charge on any atom is 0.264 e. The molecule has 1 fully saturated rings. The first-order valence-corrected chi connectivity index (χ1v) is 5.87. The van der Waals surface area contributed by atoms with E-state index in [1.54, 1.807) is 0 Å². The number of ether oxygens (including phenoxy) is 1. The van der Waals surface area contributed by atoms with Gasteiger partial charge in [-0.05, 0) is 0 Å². The molecular weight excluding hydrogens is 196 g/mol. The van der Waals surface area contributed by atoms with Gasteiger partial charge in [0.2, 0.25) is 0 Å². The smallest absolute Gasteiger partial charge is 0.264 e. The molecule has 6 heteroatoms. The Labute approximate surface area is 77.8 Å². The first-order chi connectivity index (χ1) is 6.03. The van der Waals surface area contributed by atoms with Crippen LogP contribution in [0.15, 0.2) is 0 Å². The van der Waals surface area contributed by atoms with Crippen LogP contribution in [0.2, 0.25) is 0 Å². The molecule has 1 saturated heterocycles. The third-order valence-corrected chi connectivity index (χ3v) is 2.63. The molecule has 5 nitrogen and oxygen atoms in total. The first kappa shape index (κ1) is 10.9. The van der Waals surface area contributed by atoms with Gasteiger partial charge in [-0.2, -0.15) is 8.42 Å². The molecule has 0 aliphatic carbocycles. The Morgan fingerprint density at radius 3 is 2.62 bits per heavy atom. The SMILES string of the molecule is CS(=O)(=O)OCC1COCC1CO. The van der Waals surface area contributed by atoms with Gasteiger partial charge in [0.1, 0.15) is 0 Å². The maximum absolute atomic E-state index is 10.7. The Hall–Kier alpha value is -0.170. The molecule has 1 heterocycles. The van der Waals surface area contributed by atoms with Crippen molar-refractivity contribution in [3.8, 4) is 0 Å². The quantitative estimate of drug-likeness (QED) is 0.616. The molecule has 0 radical (unpaired) electrons. The number of aliphatic hydroxyl groups is 1. The van der Waals surface area contributed by atoms with Gasteiger partial charge in [-0.3, -0.25) is 4.18 Å². The molecule has 0 bridgehead atoms. The van der Waals surface area contributed by atoms with Crippen molar-refractivity contribution in [2.75, 3.05) is 32.7 Å². The van der Waals surface area contributed by atoms with Crippen LogP contribution in [0.5, 0.6) is 0 Å². The summed E-state index contributed by atoms with van der Waals surface area (Å²) >= 11 is 0. The lowest BCUT2D eigenvalue weighted by atomic mass is 9.98. The summed E-state index contributed by atoms with van der Waals surface area (Å²) in [6.45, 7) is 1.05. The van der Waals surface area contributed by atoms with Gasteiger partial charge in [-0.15, -0.1) is 0 Å². The molecule has 0 aromatic rings. The van der Waals surface area contributed by atoms with Crippen molar-refractivity contribution in [3.63, 3.8) is 0 Å². The summed E-state index contributed by atoms with van der Waals surface area (Å²) < 4.78 is 31.0. The van der Waals surface area contributed by atoms with E-state index in [2.05, 4.69) is 4.18 Å². The molecule has 2 atom stereocenters. The summed E-state index contributed by atoms with van der Waals surface area (Å²) in [6, 6.07) is 0. The maximum atomic E-state index is 10.7. The third kappa shape index (κ3) is 3.60. The van der Waals surface area contributed by atoms with Gasteiger partial charge in [0, 0.05) is 18.4 Å². The van der Waals surface area contributed by atoms with Gasteiger partial charge in [-0.1, -0.05) is 0 Å². The summed E-state index contributed by atoms with van der Waals surface area (Å²) in [5.74, 6) is -0.0125. The molecule has 1 aliphatic rings. The standard InChI is InChI=1S/C7H14O5S/c1-13(9,10)12-5-7-4-11-3-6(7)2-8/h6-8H,2-5H2,1H3. The second-order valence-corrected chi connectivity index (χ2v) is 4.87. The van der Waals surface area contributed by atoms with Gasteiger partial charge in [0.05, 0.1) is 26.1 Å². The van der Waals surface area contributed by atoms with Crippen LogP contribution in [0, 0.1) is 11.8 Å². The lowest BCUT2D eigenvalue weighted by Gasteiger charge is -2.13. The minimum Gasteiger partial charge on any atom is -0.396 e. The molecule has 0 aromatic carbocycles. The van der Waals surface area contributed by atoms with Crippen LogP contribution < -0.4 is 0 Å². The van der Waals surface area contributed by atoms with E-state index in [0.29, 0.717) is 13.2 Å². The summed E-state index contributed by atoms with van der Waals surface area (Å²) in [4.78, 5) is 0. The number of hydrogen-bond acceptors (Lipinski definition) is 5. The highest BCUT2D eigenvalue weighted by Crippen LogP contribution is 2.20. The van der Waals surface area contributed by atoms with E-state index in [0.717, 1.165) is 6.26 Å². The van der Waals surface area contributed by atoms with Crippen LogP contribution in [0.3, 0.4) is 0 Å². The molecule has 13 heavy (non-hydrogen) atoms. The van der Waals surface area contributed by atoms with Crippen LogP contribution in [0.1, 0.15) is 0 Å². The van der Waals surface area contributed by atoms with E-state index in [1.165, 1.54) is 0 Å². The van der Waals surface area contributed by atoms with Crippen molar-refractivity contribution in [2.45, 2.75) is 0 Å². The van der Waals surface area contributed by atoms with Crippen LogP contribution in [0.4, 0.5) is 0 Å². The van der Waals surface area contributed by atoms with Crippen LogP contribution in [0.25, 0.3) is 0 Å². The predicted molar refractivity (Wildman–Crippen MR) is 45.7 cm³/mol. The lowest BCUT2D eigenvalue weighted by Crippen LogP contribution is -2.22. The Bertz CT molecular complexity index is 248. The second-order valence-electron chi connectivity index (χ2n) is 3.23. The van der Waals surface area contributed by atoms with E-state index in [9.17, 15) is 8.42 Å². The fraction of sp³-hybridized carbons (Fsp3) is 1.00. The van der Waals surface area contributed by atoms with Crippen molar-refractivity contribution in [2.24, 2.45) is 11.8 Å². The van der Waals surface area contributed by atoms with Gasteiger partial charge in [0.15, 0.2) is 0 Å². The number of hydrogen-bond donors (Lipinski definition) is 1. The Morgan fingerprint density at radius 2 is 2.08 bits per heavy atom. The van der Waals surface area contributed by atoms with Gasteiger partial charge in [0.25, 0.3) is 10.1 Å². The minimum atomic E-state index is -3.38. The van der Waals surface area contributed by atoms with E-state index in [-0.39, 0.29) is 25.0 Å². The summed E-state index contributed by atoms with van der Waals surface area (Å²) in [7, 11) is -3.38. The van der Waals surface area contributed by atoms with E-state index >= 15 is 0 Å². The molecule has 1 aliphatic heterocycles. The summed E-state index contributed by atoms with van der Waals surface area (Å²) in [5.41, 5.74) is 0. The minimum absolute atomic E-state index is 0.00162. The number of rotatable bonds is 4. The molecule has 1 rings (SSSR count). The average Bonchev–Trinajstić information content (AvgIpc) is 2.46. The van der Waals surface area contributed by atoms with Crippen LogP contribution in [-0.2, 0) is 19.0 Å². The fourth-order valence-corrected chi connectivity index (χ4v) is 1.66. The largest absolute Gasteiger partial charge is 0.396 e. The predicted octanol–water partition coefficient (Wildman–Crippen LogP) is -0.782. The molecule has 2 unspecified atom stereocenters. The normalized spacial score (nSPS) is 29.4. The van der Waals surface area contributed by atoms with Gasteiger partial charge >= 0.3 is 0 Å². The topological polar surface area (TPSA) is 72.8 Å². The van der Waals surface area contributed by atoms with Gasteiger partial charge < -0.3 is 9.84 Å². The van der Waals surface area contributed by atoms with Crippen molar-refractivity contribution in [1.82, 2.24) is 0 Å². The second kappa shape index (κ2) is 4.36. The van der Waals surface area contributed by atoms with Gasteiger partial charge in [-0.25, -0.2) is 0 Å². The summed E-state index contributed by atoms with van der Waals surface area (Å²) in [6.07, 6.45) is 1.01.